The molecule has 1 fully saturated rings. The van der Waals surface area contributed by atoms with E-state index in [2.05, 4.69) is 39.1 Å². The Morgan fingerprint density at radius 3 is 2.62 bits per heavy atom. The van der Waals surface area contributed by atoms with E-state index in [-0.39, 0.29) is 0 Å². The van der Waals surface area contributed by atoms with E-state index >= 15 is 0 Å². The number of pyridine rings is 1. The van der Waals surface area contributed by atoms with Gasteiger partial charge in [-0.15, -0.1) is 0 Å². The average Bonchev–Trinajstić information content (AvgIpc) is 3.19. The number of para-hydroxylation sites is 1. The van der Waals surface area contributed by atoms with Gasteiger partial charge in [-0.05, 0) is 36.7 Å². The zero-order valence-electron chi connectivity index (χ0n) is 14.8. The number of benzene rings is 1. The standard InChI is InChI=1S/C21H23N3O2/c1-2-4-19-17(3-1)18-7-11-23-12-8-20(18)24(19)15-21(25-13-14-26-21)16-5-9-22-10-6-16/h1-6,9-10,23H,7-8,11-15H2. The van der Waals surface area contributed by atoms with Crippen LogP contribution in [0.1, 0.15) is 16.8 Å². The molecule has 1 aromatic carbocycles. The Morgan fingerprint density at radius 1 is 1.00 bits per heavy atom. The third-order valence-electron chi connectivity index (χ3n) is 5.52. The second-order valence-electron chi connectivity index (χ2n) is 6.96. The number of aromatic nitrogens is 2. The van der Waals surface area contributed by atoms with Crippen molar-refractivity contribution in [2.24, 2.45) is 0 Å². The molecule has 1 N–H and O–H groups in total. The third-order valence-corrected chi connectivity index (χ3v) is 5.52. The van der Waals surface area contributed by atoms with E-state index in [1.165, 1.54) is 22.2 Å². The Bertz CT molecular complexity index is 914. The maximum atomic E-state index is 6.18. The zero-order chi connectivity index (χ0) is 17.4. The van der Waals surface area contributed by atoms with Gasteiger partial charge in [0.05, 0.1) is 19.8 Å². The Labute approximate surface area is 152 Å². The van der Waals surface area contributed by atoms with Crippen LogP contribution in [0.3, 0.4) is 0 Å². The number of nitrogens with zero attached hydrogens (tertiary/aromatic N) is 2. The topological polar surface area (TPSA) is 48.3 Å². The Balaban J connectivity index is 1.66. The first-order chi connectivity index (χ1) is 12.9. The Kier molecular flexibility index (Phi) is 4.00. The summed E-state index contributed by atoms with van der Waals surface area (Å²) in [7, 11) is 0. The molecule has 26 heavy (non-hydrogen) atoms. The number of rotatable bonds is 3. The van der Waals surface area contributed by atoms with Crippen molar-refractivity contribution in [2.45, 2.75) is 25.2 Å². The monoisotopic (exact) mass is 349 g/mol. The van der Waals surface area contributed by atoms with Crippen molar-refractivity contribution < 1.29 is 9.47 Å². The summed E-state index contributed by atoms with van der Waals surface area (Å²) < 4.78 is 14.8. The van der Waals surface area contributed by atoms with Crippen molar-refractivity contribution in [1.29, 1.82) is 0 Å². The lowest BCUT2D eigenvalue weighted by atomic mass is 10.1. The molecule has 2 aromatic heterocycles. The highest BCUT2D eigenvalue weighted by Gasteiger charge is 2.40. The van der Waals surface area contributed by atoms with Gasteiger partial charge in [-0.2, -0.15) is 0 Å². The van der Waals surface area contributed by atoms with Crippen molar-refractivity contribution in [3.63, 3.8) is 0 Å². The van der Waals surface area contributed by atoms with E-state index in [4.69, 9.17) is 9.47 Å². The molecule has 2 aliphatic rings. The number of nitrogens with one attached hydrogen (secondary N) is 1. The normalized spacial score (nSPS) is 19.4. The van der Waals surface area contributed by atoms with E-state index < -0.39 is 5.79 Å². The van der Waals surface area contributed by atoms with E-state index in [0.717, 1.165) is 31.5 Å². The van der Waals surface area contributed by atoms with Crippen LogP contribution in [0, 0.1) is 0 Å². The van der Waals surface area contributed by atoms with Gasteiger partial charge in [0.1, 0.15) is 0 Å². The van der Waals surface area contributed by atoms with Crippen molar-refractivity contribution >= 4 is 10.9 Å². The van der Waals surface area contributed by atoms with Gasteiger partial charge in [0, 0.05) is 47.5 Å². The summed E-state index contributed by atoms with van der Waals surface area (Å²) in [5, 5.41) is 4.88. The quantitative estimate of drug-likeness (QED) is 0.790. The molecule has 5 nitrogen and oxygen atoms in total. The molecule has 0 radical (unpaired) electrons. The van der Waals surface area contributed by atoms with Crippen LogP contribution >= 0.6 is 0 Å². The first-order valence-corrected chi connectivity index (χ1v) is 9.35. The minimum atomic E-state index is -0.738. The maximum absolute atomic E-state index is 6.18. The van der Waals surface area contributed by atoms with E-state index in [1.54, 1.807) is 12.4 Å². The molecule has 0 saturated carbocycles. The second-order valence-corrected chi connectivity index (χ2v) is 6.96. The predicted molar refractivity (Wildman–Crippen MR) is 100 cm³/mol. The van der Waals surface area contributed by atoms with Crippen LogP contribution in [-0.4, -0.2) is 35.9 Å². The fourth-order valence-corrected chi connectivity index (χ4v) is 4.34. The van der Waals surface area contributed by atoms with Gasteiger partial charge in [-0.3, -0.25) is 4.98 Å². The van der Waals surface area contributed by atoms with Gasteiger partial charge in [-0.25, -0.2) is 0 Å². The molecule has 5 heteroatoms. The van der Waals surface area contributed by atoms with Crippen LogP contribution in [-0.2, 0) is 34.6 Å². The van der Waals surface area contributed by atoms with E-state index in [0.29, 0.717) is 19.8 Å². The highest BCUT2D eigenvalue weighted by Crippen LogP contribution is 2.37. The summed E-state index contributed by atoms with van der Waals surface area (Å²) in [6, 6.07) is 12.7. The Hall–Kier alpha value is -2.21. The van der Waals surface area contributed by atoms with Crippen molar-refractivity contribution in [2.75, 3.05) is 26.3 Å². The molecule has 5 rings (SSSR count). The van der Waals surface area contributed by atoms with E-state index in [9.17, 15) is 0 Å². The Morgan fingerprint density at radius 2 is 1.77 bits per heavy atom. The molecule has 1 saturated heterocycles. The first-order valence-electron chi connectivity index (χ1n) is 9.35. The summed E-state index contributed by atoms with van der Waals surface area (Å²) in [6.07, 6.45) is 5.70. The fraction of sp³-hybridized carbons (Fsp3) is 0.381. The number of fused-ring (bicyclic) bond motifs is 3. The molecule has 0 atom stereocenters. The van der Waals surface area contributed by atoms with Crippen LogP contribution < -0.4 is 5.32 Å². The van der Waals surface area contributed by atoms with Gasteiger partial charge in [0.15, 0.2) is 0 Å². The molecule has 0 unspecified atom stereocenters. The van der Waals surface area contributed by atoms with Crippen LogP contribution in [0.15, 0.2) is 48.8 Å². The third kappa shape index (κ3) is 2.55. The van der Waals surface area contributed by atoms with Crippen LogP contribution in [0.2, 0.25) is 0 Å². The molecule has 4 heterocycles. The number of hydrogen-bond acceptors (Lipinski definition) is 4. The highest BCUT2D eigenvalue weighted by molar-refractivity contribution is 5.85. The minimum absolute atomic E-state index is 0.616. The molecule has 0 bridgehead atoms. The summed E-state index contributed by atoms with van der Waals surface area (Å²) in [5.41, 5.74) is 5.17. The summed E-state index contributed by atoms with van der Waals surface area (Å²) in [6.45, 7) is 3.93. The van der Waals surface area contributed by atoms with Crippen LogP contribution in [0.4, 0.5) is 0 Å². The smallest absolute Gasteiger partial charge is 0.213 e. The van der Waals surface area contributed by atoms with Crippen molar-refractivity contribution in [1.82, 2.24) is 14.9 Å². The first kappa shape index (κ1) is 16.0. The summed E-state index contributed by atoms with van der Waals surface area (Å²) >= 11 is 0. The van der Waals surface area contributed by atoms with E-state index in [1.807, 2.05) is 12.1 Å². The minimum Gasteiger partial charge on any atom is -0.342 e. The van der Waals surface area contributed by atoms with Gasteiger partial charge in [-0.1, -0.05) is 18.2 Å². The number of hydrogen-bond donors (Lipinski definition) is 1. The molecule has 0 amide bonds. The van der Waals surface area contributed by atoms with Gasteiger partial charge in [0.25, 0.3) is 0 Å². The van der Waals surface area contributed by atoms with Crippen molar-refractivity contribution in [3.05, 3.63) is 65.6 Å². The van der Waals surface area contributed by atoms with Gasteiger partial charge in [0.2, 0.25) is 5.79 Å². The zero-order valence-corrected chi connectivity index (χ0v) is 14.8. The summed E-state index contributed by atoms with van der Waals surface area (Å²) in [5.74, 6) is -0.738. The highest BCUT2D eigenvalue weighted by atomic mass is 16.7. The summed E-state index contributed by atoms with van der Waals surface area (Å²) in [4.78, 5) is 4.15. The lowest BCUT2D eigenvalue weighted by molar-refractivity contribution is -0.175. The molecular formula is C21H23N3O2. The molecule has 3 aromatic rings. The lowest BCUT2D eigenvalue weighted by Gasteiger charge is -2.29. The maximum Gasteiger partial charge on any atom is 0.213 e. The molecule has 2 aliphatic heterocycles. The largest absolute Gasteiger partial charge is 0.342 e. The lowest BCUT2D eigenvalue weighted by Crippen LogP contribution is -2.33. The van der Waals surface area contributed by atoms with Crippen LogP contribution in [0.5, 0.6) is 0 Å². The second kappa shape index (κ2) is 6.50. The molecule has 0 aliphatic carbocycles. The predicted octanol–water partition coefficient (Wildman–Crippen LogP) is 2.62. The fourth-order valence-electron chi connectivity index (χ4n) is 4.34. The van der Waals surface area contributed by atoms with Gasteiger partial charge < -0.3 is 19.4 Å². The SMILES string of the molecule is c1ccc2c(c1)c1c(n2CC2(c3ccncc3)OCCO2)CCNCC1. The molecule has 0 spiro atoms. The number of ether oxygens (including phenoxy) is 2. The average molecular weight is 349 g/mol. The van der Waals surface area contributed by atoms with Crippen LogP contribution in [0.25, 0.3) is 10.9 Å². The molecule has 134 valence electrons. The van der Waals surface area contributed by atoms with Crippen molar-refractivity contribution in [3.8, 4) is 0 Å². The molecular weight excluding hydrogens is 326 g/mol. The van der Waals surface area contributed by atoms with Gasteiger partial charge >= 0.3 is 0 Å².